The van der Waals surface area contributed by atoms with Crippen LogP contribution in [0.1, 0.15) is 25.7 Å². The summed E-state index contributed by atoms with van der Waals surface area (Å²) in [5.41, 5.74) is 5.84. The van der Waals surface area contributed by atoms with E-state index in [1.54, 1.807) is 0 Å². The molecule has 2 fully saturated rings. The lowest BCUT2D eigenvalue weighted by Crippen LogP contribution is -2.51. The molecule has 20 heavy (non-hydrogen) atoms. The number of urea groups is 1. The van der Waals surface area contributed by atoms with Crippen molar-refractivity contribution < 1.29 is 19.4 Å². The van der Waals surface area contributed by atoms with Crippen LogP contribution in [-0.2, 0) is 9.53 Å². The molecule has 0 spiro atoms. The van der Waals surface area contributed by atoms with E-state index in [2.05, 4.69) is 0 Å². The van der Waals surface area contributed by atoms with Crippen LogP contribution in [0.5, 0.6) is 0 Å². The number of aliphatic carboxylic acids is 1. The zero-order valence-corrected chi connectivity index (χ0v) is 11.7. The molecule has 0 saturated carbocycles. The second kappa shape index (κ2) is 6.90. The second-order valence-corrected chi connectivity index (χ2v) is 5.50. The topological polar surface area (TPSA) is 96.1 Å². The minimum absolute atomic E-state index is 0.0510. The lowest BCUT2D eigenvalue weighted by Gasteiger charge is -2.38. The summed E-state index contributed by atoms with van der Waals surface area (Å²) in [5, 5.41) is 8.57. The van der Waals surface area contributed by atoms with Gasteiger partial charge in [0.2, 0.25) is 0 Å². The monoisotopic (exact) mass is 285 g/mol. The first-order valence-corrected chi connectivity index (χ1v) is 7.19. The van der Waals surface area contributed by atoms with Crippen LogP contribution < -0.4 is 5.73 Å². The van der Waals surface area contributed by atoms with Crippen molar-refractivity contribution in [3.05, 3.63) is 0 Å². The number of hydrogen-bond donors (Lipinski definition) is 2. The van der Waals surface area contributed by atoms with Crippen LogP contribution in [0.3, 0.4) is 0 Å². The van der Waals surface area contributed by atoms with E-state index in [9.17, 15) is 9.59 Å². The Bertz CT molecular complexity index is 348. The van der Waals surface area contributed by atoms with Crippen LogP contribution >= 0.6 is 0 Å². The summed E-state index contributed by atoms with van der Waals surface area (Å²) in [6, 6.07) is 0.294. The van der Waals surface area contributed by atoms with Crippen LogP contribution in [0.2, 0.25) is 0 Å². The molecule has 114 valence electrons. The lowest BCUT2D eigenvalue weighted by atomic mass is 10.1. The summed E-state index contributed by atoms with van der Waals surface area (Å²) in [6.07, 6.45) is 3.08. The fourth-order valence-electron chi connectivity index (χ4n) is 2.69. The molecule has 7 heteroatoms. The molecule has 2 rings (SSSR count). The first-order chi connectivity index (χ1) is 9.56. The summed E-state index contributed by atoms with van der Waals surface area (Å²) in [4.78, 5) is 26.4. The summed E-state index contributed by atoms with van der Waals surface area (Å²) >= 11 is 0. The van der Waals surface area contributed by atoms with Crippen LogP contribution in [-0.4, -0.2) is 71.8 Å². The third kappa shape index (κ3) is 4.08. The second-order valence-electron chi connectivity index (χ2n) is 5.50. The largest absolute Gasteiger partial charge is 0.480 e. The molecule has 2 amide bonds. The molecule has 3 N–H and O–H groups in total. The van der Waals surface area contributed by atoms with E-state index in [1.165, 1.54) is 0 Å². The van der Waals surface area contributed by atoms with Crippen LogP contribution in [0.4, 0.5) is 4.79 Å². The van der Waals surface area contributed by atoms with E-state index in [4.69, 9.17) is 15.6 Å². The van der Waals surface area contributed by atoms with Gasteiger partial charge in [-0.25, -0.2) is 9.59 Å². The highest BCUT2D eigenvalue weighted by molar-refractivity contribution is 5.74. The Balaban J connectivity index is 1.73. The first-order valence-electron chi connectivity index (χ1n) is 7.19. The van der Waals surface area contributed by atoms with Gasteiger partial charge in [0.25, 0.3) is 0 Å². The van der Waals surface area contributed by atoms with Crippen molar-refractivity contribution in [3.8, 4) is 0 Å². The molecular weight excluding hydrogens is 262 g/mol. The highest BCUT2D eigenvalue weighted by Crippen LogP contribution is 2.17. The Morgan fingerprint density at radius 2 is 1.55 bits per heavy atom. The molecule has 0 aliphatic carbocycles. The Kier molecular flexibility index (Phi) is 5.19. The number of carboxylic acids is 1. The lowest BCUT2D eigenvalue weighted by molar-refractivity contribution is -0.145. The average Bonchev–Trinajstić information content (AvgIpc) is 2.46. The van der Waals surface area contributed by atoms with Crippen molar-refractivity contribution in [1.82, 2.24) is 9.80 Å². The Morgan fingerprint density at radius 3 is 2.05 bits per heavy atom. The van der Waals surface area contributed by atoms with E-state index < -0.39 is 5.97 Å². The van der Waals surface area contributed by atoms with E-state index in [0.29, 0.717) is 25.9 Å². The van der Waals surface area contributed by atoms with Crippen molar-refractivity contribution >= 4 is 12.0 Å². The first kappa shape index (κ1) is 15.1. The molecule has 0 aromatic heterocycles. The zero-order chi connectivity index (χ0) is 14.5. The maximum Gasteiger partial charge on any atom is 0.329 e. The average molecular weight is 285 g/mol. The molecular formula is C13H23N3O4. The zero-order valence-electron chi connectivity index (χ0n) is 11.7. The standard InChI is InChI=1S/C13H23N3O4/c14-10-1-5-15(6-2-10)13(19)16-7-3-11(4-8-16)20-9-12(17)18/h10-11H,1-9,14H2,(H,17,18). The molecule has 0 aromatic rings. The highest BCUT2D eigenvalue weighted by Gasteiger charge is 2.28. The van der Waals surface area contributed by atoms with E-state index >= 15 is 0 Å². The Labute approximate surface area is 118 Å². The van der Waals surface area contributed by atoms with Gasteiger partial charge in [0.05, 0.1) is 6.10 Å². The summed E-state index contributed by atoms with van der Waals surface area (Å²) < 4.78 is 5.26. The quantitative estimate of drug-likeness (QED) is 0.766. The van der Waals surface area contributed by atoms with E-state index in [0.717, 1.165) is 25.9 Å². The number of amides is 2. The number of piperidine rings is 2. The summed E-state index contributed by atoms with van der Waals surface area (Å²) in [6.45, 7) is 2.46. The summed E-state index contributed by atoms with van der Waals surface area (Å²) in [7, 11) is 0. The third-order valence-electron chi connectivity index (χ3n) is 3.97. The van der Waals surface area contributed by atoms with Gasteiger partial charge < -0.3 is 25.4 Å². The number of nitrogens with two attached hydrogens (primary N) is 1. The molecule has 2 aliphatic rings. The molecule has 0 atom stereocenters. The predicted octanol–water partition coefficient (Wildman–Crippen LogP) is 0.0951. The van der Waals surface area contributed by atoms with Crippen molar-refractivity contribution in [2.45, 2.75) is 37.8 Å². The van der Waals surface area contributed by atoms with Gasteiger partial charge >= 0.3 is 12.0 Å². The van der Waals surface area contributed by atoms with Gasteiger partial charge in [0.15, 0.2) is 0 Å². The fourth-order valence-corrected chi connectivity index (χ4v) is 2.69. The highest BCUT2D eigenvalue weighted by atomic mass is 16.5. The molecule has 7 nitrogen and oxygen atoms in total. The number of carboxylic acid groups (broad SMARTS) is 1. The predicted molar refractivity (Wildman–Crippen MR) is 72.4 cm³/mol. The molecule has 2 saturated heterocycles. The Morgan fingerprint density at radius 1 is 1.05 bits per heavy atom. The number of carbonyl (C=O) groups is 2. The number of carbonyl (C=O) groups excluding carboxylic acids is 1. The SMILES string of the molecule is NC1CCN(C(=O)N2CCC(OCC(=O)O)CC2)CC1. The number of hydrogen-bond acceptors (Lipinski definition) is 4. The van der Waals surface area contributed by atoms with Gasteiger partial charge in [-0.1, -0.05) is 0 Å². The van der Waals surface area contributed by atoms with E-state index in [-0.39, 0.29) is 24.8 Å². The van der Waals surface area contributed by atoms with Crippen LogP contribution in [0.25, 0.3) is 0 Å². The summed E-state index contributed by atoms with van der Waals surface area (Å²) in [5.74, 6) is -0.951. The third-order valence-corrected chi connectivity index (χ3v) is 3.97. The van der Waals surface area contributed by atoms with E-state index in [1.807, 2.05) is 9.80 Å². The molecule has 0 aromatic carbocycles. The fraction of sp³-hybridized carbons (Fsp3) is 0.846. The van der Waals surface area contributed by atoms with Crippen LogP contribution in [0, 0.1) is 0 Å². The number of likely N-dealkylation sites (tertiary alicyclic amines) is 2. The number of ether oxygens (including phenoxy) is 1. The number of nitrogens with zero attached hydrogens (tertiary/aromatic N) is 2. The van der Waals surface area contributed by atoms with Gasteiger partial charge in [0.1, 0.15) is 6.61 Å². The van der Waals surface area contributed by atoms with Gasteiger partial charge in [-0.3, -0.25) is 0 Å². The van der Waals surface area contributed by atoms with Crippen molar-refractivity contribution in [1.29, 1.82) is 0 Å². The normalized spacial score (nSPS) is 22.1. The molecule has 0 radical (unpaired) electrons. The van der Waals surface area contributed by atoms with Crippen molar-refractivity contribution in [3.63, 3.8) is 0 Å². The smallest absolute Gasteiger partial charge is 0.329 e. The molecule has 2 heterocycles. The molecule has 0 bridgehead atoms. The molecule has 0 unspecified atom stereocenters. The maximum absolute atomic E-state index is 12.3. The van der Waals surface area contributed by atoms with Gasteiger partial charge in [-0.05, 0) is 25.7 Å². The Hall–Kier alpha value is -1.34. The minimum Gasteiger partial charge on any atom is -0.480 e. The van der Waals surface area contributed by atoms with Crippen molar-refractivity contribution in [2.24, 2.45) is 5.73 Å². The van der Waals surface area contributed by atoms with Gasteiger partial charge in [-0.2, -0.15) is 0 Å². The van der Waals surface area contributed by atoms with Gasteiger partial charge in [0, 0.05) is 32.2 Å². The number of rotatable bonds is 3. The van der Waals surface area contributed by atoms with Crippen molar-refractivity contribution in [2.75, 3.05) is 32.8 Å². The van der Waals surface area contributed by atoms with Gasteiger partial charge in [-0.15, -0.1) is 0 Å². The molecule has 2 aliphatic heterocycles. The minimum atomic E-state index is -0.951. The maximum atomic E-state index is 12.3. The van der Waals surface area contributed by atoms with Crippen LogP contribution in [0.15, 0.2) is 0 Å².